The Morgan fingerprint density at radius 3 is 2.65 bits per heavy atom. The van der Waals surface area contributed by atoms with Crippen LogP contribution in [0.4, 0.5) is 5.95 Å². The first-order chi connectivity index (χ1) is 8.02. The molecule has 0 bridgehead atoms. The summed E-state index contributed by atoms with van der Waals surface area (Å²) in [6, 6.07) is 1.83. The average molecular weight is 239 g/mol. The van der Waals surface area contributed by atoms with Gasteiger partial charge in [0.25, 0.3) is 0 Å². The zero-order chi connectivity index (χ0) is 12.8. The van der Waals surface area contributed by atoms with Crippen molar-refractivity contribution in [3.8, 4) is 5.88 Å². The second-order valence-electron chi connectivity index (χ2n) is 4.48. The monoisotopic (exact) mass is 239 g/mol. The summed E-state index contributed by atoms with van der Waals surface area (Å²) in [6.07, 6.45) is 1.75. The fourth-order valence-electron chi connectivity index (χ4n) is 1.22. The van der Waals surface area contributed by atoms with Crippen LogP contribution in [0, 0.1) is 5.92 Å². The fourth-order valence-corrected chi connectivity index (χ4v) is 1.22. The third-order valence-electron chi connectivity index (χ3n) is 2.48. The van der Waals surface area contributed by atoms with Gasteiger partial charge in [-0.05, 0) is 26.7 Å². The van der Waals surface area contributed by atoms with E-state index in [2.05, 4.69) is 15.3 Å². The minimum Gasteiger partial charge on any atom is -0.475 e. The van der Waals surface area contributed by atoms with Gasteiger partial charge in [-0.1, -0.05) is 6.92 Å². The van der Waals surface area contributed by atoms with Gasteiger partial charge >= 0.3 is 0 Å². The van der Waals surface area contributed by atoms with E-state index in [0.29, 0.717) is 11.8 Å². The lowest BCUT2D eigenvalue weighted by Crippen LogP contribution is -2.27. The fraction of sp³-hybridized carbons (Fsp3) is 0.667. The van der Waals surface area contributed by atoms with Gasteiger partial charge < -0.3 is 15.2 Å². The van der Waals surface area contributed by atoms with E-state index in [9.17, 15) is 0 Å². The second kappa shape index (κ2) is 6.39. The molecule has 2 atom stereocenters. The van der Waals surface area contributed by atoms with Crippen LogP contribution < -0.4 is 10.1 Å². The van der Waals surface area contributed by atoms with Gasteiger partial charge in [-0.2, -0.15) is 4.98 Å². The quantitative estimate of drug-likeness (QED) is 0.790. The molecule has 1 aromatic heterocycles. The number of aliphatic hydroxyl groups is 1. The van der Waals surface area contributed by atoms with Crippen LogP contribution in [0.3, 0.4) is 0 Å². The number of anilines is 1. The highest BCUT2D eigenvalue weighted by molar-refractivity contribution is 5.28. The van der Waals surface area contributed by atoms with E-state index < -0.39 is 0 Å². The lowest BCUT2D eigenvalue weighted by Gasteiger charge is -2.19. The van der Waals surface area contributed by atoms with Crippen molar-refractivity contribution in [2.24, 2.45) is 5.92 Å². The lowest BCUT2D eigenvalue weighted by molar-refractivity contribution is 0.225. The molecule has 96 valence electrons. The first-order valence-corrected chi connectivity index (χ1v) is 5.90. The Morgan fingerprint density at radius 2 is 2.06 bits per heavy atom. The summed E-state index contributed by atoms with van der Waals surface area (Å²) < 4.78 is 5.48. The Kier molecular flexibility index (Phi) is 5.15. The molecule has 0 fully saturated rings. The Hall–Kier alpha value is -1.36. The largest absolute Gasteiger partial charge is 0.475 e. The molecule has 0 spiro atoms. The van der Waals surface area contributed by atoms with Crippen LogP contribution in [-0.4, -0.2) is 33.8 Å². The predicted molar refractivity (Wildman–Crippen MR) is 67.1 cm³/mol. The van der Waals surface area contributed by atoms with Gasteiger partial charge in [-0.15, -0.1) is 0 Å². The van der Waals surface area contributed by atoms with Gasteiger partial charge in [-0.3, -0.25) is 0 Å². The average Bonchev–Trinajstić information content (AvgIpc) is 2.27. The first kappa shape index (κ1) is 13.7. The molecule has 0 aliphatic rings. The number of ether oxygens (including phenoxy) is 1. The van der Waals surface area contributed by atoms with Crippen molar-refractivity contribution in [1.82, 2.24) is 9.97 Å². The molecule has 0 aromatic carbocycles. The third kappa shape index (κ3) is 4.56. The van der Waals surface area contributed by atoms with Crippen LogP contribution in [0.1, 0.15) is 27.7 Å². The van der Waals surface area contributed by atoms with E-state index >= 15 is 0 Å². The maximum atomic E-state index is 9.05. The molecule has 1 aromatic rings. The summed E-state index contributed by atoms with van der Waals surface area (Å²) in [5.41, 5.74) is 0. The van der Waals surface area contributed by atoms with Gasteiger partial charge in [0.15, 0.2) is 0 Å². The molecular weight excluding hydrogens is 218 g/mol. The van der Waals surface area contributed by atoms with E-state index in [1.54, 1.807) is 12.3 Å². The molecule has 2 N–H and O–H groups in total. The van der Waals surface area contributed by atoms with Gasteiger partial charge in [0.2, 0.25) is 11.8 Å². The minimum absolute atomic E-state index is 0.0894. The van der Waals surface area contributed by atoms with Crippen LogP contribution in [0.15, 0.2) is 12.3 Å². The molecule has 1 rings (SSSR count). The summed E-state index contributed by atoms with van der Waals surface area (Å²) in [7, 11) is 0. The SMILES string of the molecule is CC(C)Oc1ccnc(NC(C)C(C)CO)n1. The highest BCUT2D eigenvalue weighted by Gasteiger charge is 2.12. The molecule has 0 saturated carbocycles. The van der Waals surface area contributed by atoms with Crippen molar-refractivity contribution < 1.29 is 9.84 Å². The molecule has 0 aliphatic heterocycles. The number of hydrogen-bond donors (Lipinski definition) is 2. The van der Waals surface area contributed by atoms with E-state index in [1.807, 2.05) is 27.7 Å². The maximum Gasteiger partial charge on any atom is 0.226 e. The number of rotatable bonds is 6. The molecule has 0 radical (unpaired) electrons. The molecule has 5 heteroatoms. The van der Waals surface area contributed by atoms with Gasteiger partial charge in [-0.25, -0.2) is 4.98 Å². The number of aromatic nitrogens is 2. The van der Waals surface area contributed by atoms with Crippen LogP contribution in [0.25, 0.3) is 0 Å². The number of aliphatic hydroxyl groups excluding tert-OH is 1. The smallest absolute Gasteiger partial charge is 0.226 e. The summed E-state index contributed by atoms with van der Waals surface area (Å²) in [5, 5.41) is 12.2. The van der Waals surface area contributed by atoms with Crippen LogP contribution in [0.2, 0.25) is 0 Å². The Balaban J connectivity index is 2.65. The normalized spacial score (nSPS) is 14.5. The van der Waals surface area contributed by atoms with Gasteiger partial charge in [0.05, 0.1) is 6.10 Å². The predicted octanol–water partition coefficient (Wildman–Crippen LogP) is 1.69. The highest BCUT2D eigenvalue weighted by atomic mass is 16.5. The van der Waals surface area contributed by atoms with Crippen LogP contribution in [0.5, 0.6) is 5.88 Å². The van der Waals surface area contributed by atoms with Crippen molar-refractivity contribution in [2.75, 3.05) is 11.9 Å². The van der Waals surface area contributed by atoms with Crippen molar-refractivity contribution in [1.29, 1.82) is 0 Å². The van der Waals surface area contributed by atoms with Crippen LogP contribution >= 0.6 is 0 Å². The van der Waals surface area contributed by atoms with E-state index in [1.165, 1.54) is 0 Å². The molecule has 0 saturated heterocycles. The molecular formula is C12H21N3O2. The zero-order valence-electron chi connectivity index (χ0n) is 10.8. The summed E-state index contributed by atoms with van der Waals surface area (Å²) in [4.78, 5) is 8.36. The standard InChI is InChI=1S/C12H21N3O2/c1-8(2)17-11-5-6-13-12(15-11)14-10(4)9(3)7-16/h5-6,8-10,16H,7H2,1-4H3,(H,13,14,15). The van der Waals surface area contributed by atoms with Crippen molar-refractivity contribution in [3.05, 3.63) is 12.3 Å². The Labute approximate surface area is 102 Å². The molecule has 1 heterocycles. The molecule has 0 aliphatic carbocycles. The molecule has 0 amide bonds. The van der Waals surface area contributed by atoms with Crippen molar-refractivity contribution in [2.45, 2.75) is 39.8 Å². The second-order valence-corrected chi connectivity index (χ2v) is 4.48. The van der Waals surface area contributed by atoms with E-state index in [0.717, 1.165) is 0 Å². The van der Waals surface area contributed by atoms with E-state index in [-0.39, 0.29) is 24.7 Å². The number of nitrogens with zero attached hydrogens (tertiary/aromatic N) is 2. The van der Waals surface area contributed by atoms with Gasteiger partial charge in [0.1, 0.15) is 0 Å². The van der Waals surface area contributed by atoms with Crippen LogP contribution in [-0.2, 0) is 0 Å². The molecule has 17 heavy (non-hydrogen) atoms. The maximum absolute atomic E-state index is 9.05. The number of hydrogen-bond acceptors (Lipinski definition) is 5. The van der Waals surface area contributed by atoms with Crippen molar-refractivity contribution >= 4 is 5.95 Å². The van der Waals surface area contributed by atoms with E-state index in [4.69, 9.17) is 9.84 Å². The first-order valence-electron chi connectivity index (χ1n) is 5.90. The molecule has 5 nitrogen and oxygen atoms in total. The number of nitrogens with one attached hydrogen (secondary N) is 1. The topological polar surface area (TPSA) is 67.3 Å². The summed E-state index contributed by atoms with van der Waals surface area (Å²) in [5.74, 6) is 1.23. The summed E-state index contributed by atoms with van der Waals surface area (Å²) >= 11 is 0. The minimum atomic E-state index is 0.0894. The Morgan fingerprint density at radius 1 is 1.35 bits per heavy atom. The lowest BCUT2D eigenvalue weighted by atomic mass is 10.1. The summed E-state index contributed by atoms with van der Waals surface area (Å²) in [6.45, 7) is 7.99. The van der Waals surface area contributed by atoms with Crippen molar-refractivity contribution in [3.63, 3.8) is 0 Å². The zero-order valence-corrected chi connectivity index (χ0v) is 10.8. The van der Waals surface area contributed by atoms with Gasteiger partial charge in [0, 0.05) is 24.9 Å². The molecule has 2 unspecified atom stereocenters. The highest BCUT2D eigenvalue weighted by Crippen LogP contribution is 2.13. The Bertz CT molecular complexity index is 344. The third-order valence-corrected chi connectivity index (χ3v) is 2.48.